The van der Waals surface area contributed by atoms with Gasteiger partial charge in [-0.25, -0.2) is 4.98 Å². The molecule has 0 bridgehead atoms. The van der Waals surface area contributed by atoms with E-state index in [1.807, 2.05) is 53.4 Å². The molecule has 3 aromatic rings. The lowest BCUT2D eigenvalue weighted by molar-refractivity contribution is -0.134. The van der Waals surface area contributed by atoms with Gasteiger partial charge in [0.25, 0.3) is 5.56 Å². The van der Waals surface area contributed by atoms with Crippen LogP contribution in [0.25, 0.3) is 16.6 Å². The van der Waals surface area contributed by atoms with Crippen LogP contribution in [0.2, 0.25) is 0 Å². The van der Waals surface area contributed by atoms with Crippen molar-refractivity contribution in [2.24, 2.45) is 0 Å². The average molecular weight is 478 g/mol. The first-order valence-corrected chi connectivity index (χ1v) is 13.0. The van der Waals surface area contributed by atoms with Gasteiger partial charge in [-0.3, -0.25) is 14.2 Å². The van der Waals surface area contributed by atoms with E-state index in [2.05, 4.69) is 20.8 Å². The van der Waals surface area contributed by atoms with Crippen molar-refractivity contribution in [1.29, 1.82) is 0 Å². The van der Waals surface area contributed by atoms with Gasteiger partial charge in [0.05, 0.1) is 29.7 Å². The van der Waals surface area contributed by atoms with Crippen molar-refractivity contribution in [3.63, 3.8) is 0 Å². The summed E-state index contributed by atoms with van der Waals surface area (Å²) in [7, 11) is 1.62. The monoisotopic (exact) mass is 477 g/mol. The SMILES string of the molecule is CCCCCCN(C(=O)CCCC)C(CC)c1nc2ccccc2c(=O)n1-c1ccc(OC)cc1. The molecule has 2 aromatic carbocycles. The number of rotatable bonds is 13. The van der Waals surface area contributed by atoms with Crippen LogP contribution in [0.3, 0.4) is 0 Å². The van der Waals surface area contributed by atoms with Crippen LogP contribution in [0.4, 0.5) is 0 Å². The van der Waals surface area contributed by atoms with E-state index in [-0.39, 0.29) is 17.5 Å². The Bertz CT molecular complexity index is 1150. The Morgan fingerprint density at radius 3 is 2.34 bits per heavy atom. The molecular weight excluding hydrogens is 438 g/mol. The van der Waals surface area contributed by atoms with Crippen molar-refractivity contribution >= 4 is 16.8 Å². The van der Waals surface area contributed by atoms with Gasteiger partial charge in [-0.2, -0.15) is 0 Å². The predicted molar refractivity (Wildman–Crippen MR) is 142 cm³/mol. The second-order valence-corrected chi connectivity index (χ2v) is 9.00. The number of para-hydroxylation sites is 1. The van der Waals surface area contributed by atoms with Crippen LogP contribution in [0.5, 0.6) is 5.75 Å². The molecule has 1 aromatic heterocycles. The normalized spacial score (nSPS) is 12.0. The molecule has 0 aliphatic rings. The number of benzene rings is 2. The molecule has 0 radical (unpaired) electrons. The minimum atomic E-state index is -0.291. The van der Waals surface area contributed by atoms with Gasteiger partial charge in [-0.05, 0) is 55.7 Å². The van der Waals surface area contributed by atoms with E-state index in [4.69, 9.17) is 9.72 Å². The van der Waals surface area contributed by atoms with Crippen molar-refractivity contribution in [3.8, 4) is 11.4 Å². The molecule has 0 N–H and O–H groups in total. The zero-order valence-corrected chi connectivity index (χ0v) is 21.6. The van der Waals surface area contributed by atoms with Crippen molar-refractivity contribution in [1.82, 2.24) is 14.5 Å². The number of methoxy groups -OCH3 is 1. The number of amides is 1. The summed E-state index contributed by atoms with van der Waals surface area (Å²) < 4.78 is 7.00. The van der Waals surface area contributed by atoms with Crippen molar-refractivity contribution in [2.45, 2.75) is 78.2 Å². The molecule has 6 heteroatoms. The third kappa shape index (κ3) is 6.30. The van der Waals surface area contributed by atoms with Gasteiger partial charge in [0, 0.05) is 13.0 Å². The first-order valence-electron chi connectivity index (χ1n) is 13.0. The summed E-state index contributed by atoms with van der Waals surface area (Å²) in [5.41, 5.74) is 1.25. The second kappa shape index (κ2) is 13.1. The molecule has 188 valence electrons. The van der Waals surface area contributed by atoms with Crippen molar-refractivity contribution < 1.29 is 9.53 Å². The summed E-state index contributed by atoms with van der Waals surface area (Å²) >= 11 is 0. The number of nitrogens with zero attached hydrogens (tertiary/aromatic N) is 3. The van der Waals surface area contributed by atoms with Crippen LogP contribution in [0.1, 0.15) is 84.0 Å². The van der Waals surface area contributed by atoms with Gasteiger partial charge in [0.15, 0.2) is 0 Å². The minimum Gasteiger partial charge on any atom is -0.497 e. The quantitative estimate of drug-likeness (QED) is 0.266. The first-order chi connectivity index (χ1) is 17.0. The van der Waals surface area contributed by atoms with Crippen LogP contribution in [0, 0.1) is 0 Å². The fraction of sp³-hybridized carbons (Fsp3) is 0.483. The maximum absolute atomic E-state index is 13.8. The van der Waals surface area contributed by atoms with Gasteiger partial charge in [0.1, 0.15) is 11.6 Å². The molecule has 3 rings (SSSR count). The Hall–Kier alpha value is -3.15. The summed E-state index contributed by atoms with van der Waals surface area (Å²) in [6.07, 6.45) is 7.34. The van der Waals surface area contributed by atoms with Crippen molar-refractivity contribution in [3.05, 3.63) is 64.7 Å². The lowest BCUT2D eigenvalue weighted by Gasteiger charge is -2.32. The molecule has 1 unspecified atom stereocenters. The van der Waals surface area contributed by atoms with E-state index in [0.29, 0.717) is 36.1 Å². The predicted octanol–water partition coefficient (Wildman–Crippen LogP) is 6.44. The summed E-state index contributed by atoms with van der Waals surface area (Å²) in [5, 5.41) is 0.564. The Labute approximate surface area is 208 Å². The zero-order chi connectivity index (χ0) is 25.2. The Balaban J connectivity index is 2.16. The highest BCUT2D eigenvalue weighted by Crippen LogP contribution is 2.28. The van der Waals surface area contributed by atoms with E-state index >= 15 is 0 Å². The van der Waals surface area contributed by atoms with Crippen molar-refractivity contribution in [2.75, 3.05) is 13.7 Å². The average Bonchev–Trinajstić information content (AvgIpc) is 2.89. The number of carbonyl (C=O) groups excluding carboxylic acids is 1. The number of carbonyl (C=O) groups is 1. The van der Waals surface area contributed by atoms with E-state index in [1.54, 1.807) is 11.7 Å². The van der Waals surface area contributed by atoms with Crippen LogP contribution in [0.15, 0.2) is 53.3 Å². The molecule has 0 aliphatic carbocycles. The van der Waals surface area contributed by atoms with Crippen LogP contribution in [-0.2, 0) is 4.79 Å². The van der Waals surface area contributed by atoms with Gasteiger partial charge < -0.3 is 9.64 Å². The van der Waals surface area contributed by atoms with E-state index in [9.17, 15) is 9.59 Å². The third-order valence-electron chi connectivity index (χ3n) is 6.51. The first kappa shape index (κ1) is 26.5. The van der Waals surface area contributed by atoms with Gasteiger partial charge in [0.2, 0.25) is 5.91 Å². The second-order valence-electron chi connectivity index (χ2n) is 9.00. The largest absolute Gasteiger partial charge is 0.497 e. The molecule has 0 saturated carbocycles. The topological polar surface area (TPSA) is 64.4 Å². The number of fused-ring (bicyclic) bond motifs is 1. The molecule has 1 heterocycles. The highest BCUT2D eigenvalue weighted by molar-refractivity contribution is 5.79. The number of hydrogen-bond acceptors (Lipinski definition) is 4. The number of hydrogen-bond donors (Lipinski definition) is 0. The van der Waals surface area contributed by atoms with Crippen LogP contribution >= 0.6 is 0 Å². The van der Waals surface area contributed by atoms with E-state index in [1.165, 1.54) is 0 Å². The molecule has 0 fully saturated rings. The fourth-order valence-corrected chi connectivity index (χ4v) is 4.53. The zero-order valence-electron chi connectivity index (χ0n) is 21.6. The van der Waals surface area contributed by atoms with E-state index < -0.39 is 0 Å². The van der Waals surface area contributed by atoms with Crippen LogP contribution < -0.4 is 10.3 Å². The maximum atomic E-state index is 13.8. The molecule has 1 amide bonds. The molecule has 35 heavy (non-hydrogen) atoms. The van der Waals surface area contributed by atoms with E-state index in [0.717, 1.165) is 50.0 Å². The molecule has 0 aliphatic heterocycles. The summed E-state index contributed by atoms with van der Waals surface area (Å²) in [4.78, 5) is 34.2. The summed E-state index contributed by atoms with van der Waals surface area (Å²) in [5.74, 6) is 1.47. The smallest absolute Gasteiger partial charge is 0.266 e. The maximum Gasteiger partial charge on any atom is 0.266 e. The Morgan fingerprint density at radius 2 is 1.69 bits per heavy atom. The highest BCUT2D eigenvalue weighted by Gasteiger charge is 2.28. The lowest BCUT2D eigenvalue weighted by Crippen LogP contribution is -2.39. The molecule has 0 saturated heterocycles. The van der Waals surface area contributed by atoms with Gasteiger partial charge in [-0.15, -0.1) is 0 Å². The summed E-state index contributed by atoms with van der Waals surface area (Å²) in [6.45, 7) is 7.02. The van der Waals surface area contributed by atoms with Crippen LogP contribution in [-0.4, -0.2) is 34.0 Å². The lowest BCUT2D eigenvalue weighted by atomic mass is 10.1. The third-order valence-corrected chi connectivity index (χ3v) is 6.51. The number of unbranched alkanes of at least 4 members (excludes halogenated alkanes) is 4. The van der Waals surface area contributed by atoms with Gasteiger partial charge >= 0.3 is 0 Å². The highest BCUT2D eigenvalue weighted by atomic mass is 16.5. The number of aromatic nitrogens is 2. The van der Waals surface area contributed by atoms with Gasteiger partial charge in [-0.1, -0.05) is 58.6 Å². The Morgan fingerprint density at radius 1 is 0.971 bits per heavy atom. The molecule has 6 nitrogen and oxygen atoms in total. The minimum absolute atomic E-state index is 0.124. The molecule has 1 atom stereocenters. The fourth-order valence-electron chi connectivity index (χ4n) is 4.53. The number of ether oxygens (including phenoxy) is 1. The summed E-state index contributed by atoms with van der Waals surface area (Å²) in [6, 6.07) is 14.6. The standard InChI is InChI=1S/C29H39N3O3/c1-5-8-10-13-21-31(27(33)16-9-6-2)26(7-3)28-30-25-15-12-11-14-24(25)29(34)32(28)22-17-19-23(35-4)20-18-22/h11-12,14-15,17-20,26H,5-10,13,16,21H2,1-4H3. The molecule has 0 spiro atoms. The molecular formula is C29H39N3O3. The Kier molecular flexibility index (Phi) is 9.88.